The second-order valence-electron chi connectivity index (χ2n) is 7.86. The summed E-state index contributed by atoms with van der Waals surface area (Å²) in [6, 6.07) is 12.5. The van der Waals surface area contributed by atoms with Gasteiger partial charge in [-0.2, -0.15) is 0 Å². The maximum Gasteiger partial charge on any atom is 0.282 e. The van der Waals surface area contributed by atoms with Crippen LogP contribution in [0.1, 0.15) is 30.9 Å². The van der Waals surface area contributed by atoms with Gasteiger partial charge in [0.05, 0.1) is 11.3 Å². The van der Waals surface area contributed by atoms with Gasteiger partial charge in [-0.25, -0.2) is 4.90 Å². The van der Waals surface area contributed by atoms with Crippen molar-refractivity contribution in [2.24, 2.45) is 5.92 Å². The first-order valence-corrected chi connectivity index (χ1v) is 10.5. The van der Waals surface area contributed by atoms with Gasteiger partial charge in [-0.3, -0.25) is 9.59 Å². The monoisotopic (exact) mass is 428 g/mol. The zero-order chi connectivity index (χ0) is 20.7. The highest BCUT2D eigenvalue weighted by molar-refractivity contribution is 6.46. The number of benzene rings is 2. The van der Waals surface area contributed by atoms with E-state index in [1.165, 1.54) is 4.90 Å². The van der Waals surface area contributed by atoms with Gasteiger partial charge >= 0.3 is 0 Å². The first-order valence-electron chi connectivity index (χ1n) is 9.76. The molecule has 2 aliphatic rings. The standard InChI is InChI=1S/C23H22Cl2N2O2/c1-14-5-7-16(8-6-14)20-21(26-9-3-4-15(2)13-26)23(29)27(22(20)28)19-11-17(24)10-18(25)12-19/h5-8,10-12,15H,3-4,9,13H2,1-2H3. The topological polar surface area (TPSA) is 40.6 Å². The summed E-state index contributed by atoms with van der Waals surface area (Å²) >= 11 is 12.3. The molecule has 0 aliphatic carbocycles. The number of carbonyl (C=O) groups is 2. The Morgan fingerprint density at radius 1 is 0.966 bits per heavy atom. The minimum Gasteiger partial charge on any atom is -0.366 e. The number of aryl methyl sites for hydroxylation is 1. The molecule has 1 unspecified atom stereocenters. The number of amides is 2. The van der Waals surface area contributed by atoms with E-state index in [0.717, 1.165) is 37.1 Å². The van der Waals surface area contributed by atoms with E-state index in [-0.39, 0.29) is 11.8 Å². The van der Waals surface area contributed by atoms with E-state index in [0.29, 0.717) is 32.9 Å². The van der Waals surface area contributed by atoms with Crippen LogP contribution in [0.25, 0.3) is 5.57 Å². The van der Waals surface area contributed by atoms with Gasteiger partial charge in [0.15, 0.2) is 0 Å². The third kappa shape index (κ3) is 3.79. The van der Waals surface area contributed by atoms with Gasteiger partial charge < -0.3 is 4.90 Å². The van der Waals surface area contributed by atoms with Crippen LogP contribution in [0, 0.1) is 12.8 Å². The number of imide groups is 1. The van der Waals surface area contributed by atoms with E-state index in [1.54, 1.807) is 18.2 Å². The van der Waals surface area contributed by atoms with Gasteiger partial charge in [0.25, 0.3) is 11.8 Å². The van der Waals surface area contributed by atoms with E-state index in [4.69, 9.17) is 23.2 Å². The Morgan fingerprint density at radius 2 is 1.62 bits per heavy atom. The SMILES string of the molecule is Cc1ccc(C2=C(N3CCCC(C)C3)C(=O)N(c3cc(Cl)cc(Cl)c3)C2=O)cc1. The van der Waals surface area contributed by atoms with E-state index >= 15 is 0 Å². The van der Waals surface area contributed by atoms with Crippen LogP contribution in [0.3, 0.4) is 0 Å². The summed E-state index contributed by atoms with van der Waals surface area (Å²) in [4.78, 5) is 30.3. The summed E-state index contributed by atoms with van der Waals surface area (Å²) in [6.45, 7) is 5.69. The number of likely N-dealkylation sites (tertiary alicyclic amines) is 1. The molecule has 29 heavy (non-hydrogen) atoms. The number of carbonyl (C=O) groups excluding carboxylic acids is 2. The molecule has 0 bridgehead atoms. The molecule has 2 aliphatic heterocycles. The van der Waals surface area contributed by atoms with Crippen molar-refractivity contribution in [2.75, 3.05) is 18.0 Å². The molecule has 1 atom stereocenters. The highest BCUT2D eigenvalue weighted by Crippen LogP contribution is 2.38. The minimum atomic E-state index is -0.342. The predicted octanol–water partition coefficient (Wildman–Crippen LogP) is 5.32. The molecule has 2 heterocycles. The van der Waals surface area contributed by atoms with Crippen LogP contribution in [0.4, 0.5) is 5.69 Å². The van der Waals surface area contributed by atoms with Crippen molar-refractivity contribution in [3.05, 3.63) is 69.3 Å². The average molecular weight is 429 g/mol. The van der Waals surface area contributed by atoms with Crippen LogP contribution in [-0.4, -0.2) is 29.8 Å². The van der Waals surface area contributed by atoms with E-state index < -0.39 is 0 Å². The molecular formula is C23H22Cl2N2O2. The second kappa shape index (κ2) is 7.85. The van der Waals surface area contributed by atoms with Crippen molar-refractivity contribution in [1.29, 1.82) is 0 Å². The predicted molar refractivity (Wildman–Crippen MR) is 117 cm³/mol. The smallest absolute Gasteiger partial charge is 0.282 e. The van der Waals surface area contributed by atoms with Crippen molar-refractivity contribution in [3.63, 3.8) is 0 Å². The van der Waals surface area contributed by atoms with Crippen LogP contribution in [-0.2, 0) is 9.59 Å². The average Bonchev–Trinajstić information content (AvgIpc) is 2.92. The fraction of sp³-hybridized carbons (Fsp3) is 0.304. The third-order valence-electron chi connectivity index (χ3n) is 5.48. The summed E-state index contributed by atoms with van der Waals surface area (Å²) in [5.41, 5.74) is 3.15. The number of rotatable bonds is 3. The van der Waals surface area contributed by atoms with Crippen molar-refractivity contribution >= 4 is 46.3 Å². The first kappa shape index (κ1) is 20.0. The molecule has 2 amide bonds. The maximum absolute atomic E-state index is 13.5. The van der Waals surface area contributed by atoms with Gasteiger partial charge in [0.2, 0.25) is 0 Å². The molecule has 0 aromatic heterocycles. The van der Waals surface area contributed by atoms with Gasteiger partial charge in [0, 0.05) is 23.1 Å². The Bertz CT molecular complexity index is 994. The molecule has 4 rings (SSSR count). The van der Waals surface area contributed by atoms with Crippen molar-refractivity contribution < 1.29 is 9.59 Å². The summed E-state index contributed by atoms with van der Waals surface area (Å²) < 4.78 is 0. The molecule has 0 N–H and O–H groups in total. The number of hydrogen-bond donors (Lipinski definition) is 0. The molecular weight excluding hydrogens is 407 g/mol. The lowest BCUT2D eigenvalue weighted by Crippen LogP contribution is -2.39. The Labute approximate surface area is 180 Å². The number of piperidine rings is 1. The van der Waals surface area contributed by atoms with Gasteiger partial charge in [0.1, 0.15) is 5.70 Å². The summed E-state index contributed by atoms with van der Waals surface area (Å²) in [5, 5.41) is 0.759. The summed E-state index contributed by atoms with van der Waals surface area (Å²) in [5.74, 6) is -0.198. The van der Waals surface area contributed by atoms with Gasteiger partial charge in [-0.15, -0.1) is 0 Å². The van der Waals surface area contributed by atoms with Crippen molar-refractivity contribution in [1.82, 2.24) is 4.90 Å². The zero-order valence-electron chi connectivity index (χ0n) is 16.4. The number of nitrogens with zero attached hydrogens (tertiary/aromatic N) is 2. The molecule has 2 aromatic carbocycles. The first-order chi connectivity index (χ1) is 13.8. The Hall–Kier alpha value is -2.30. The molecule has 0 radical (unpaired) electrons. The number of anilines is 1. The molecule has 1 saturated heterocycles. The highest BCUT2D eigenvalue weighted by Gasteiger charge is 2.43. The lowest BCUT2D eigenvalue weighted by atomic mass is 9.97. The minimum absolute atomic E-state index is 0.321. The van der Waals surface area contributed by atoms with Crippen molar-refractivity contribution in [3.8, 4) is 0 Å². The quantitative estimate of drug-likeness (QED) is 0.621. The Balaban J connectivity index is 1.84. The van der Waals surface area contributed by atoms with Crippen LogP contribution in [0.5, 0.6) is 0 Å². The maximum atomic E-state index is 13.5. The molecule has 0 saturated carbocycles. The molecule has 1 fully saturated rings. The molecule has 2 aromatic rings. The van der Waals surface area contributed by atoms with E-state index in [1.807, 2.05) is 31.2 Å². The lowest BCUT2D eigenvalue weighted by Gasteiger charge is -2.33. The van der Waals surface area contributed by atoms with Crippen LogP contribution in [0.2, 0.25) is 10.0 Å². The van der Waals surface area contributed by atoms with E-state index in [9.17, 15) is 9.59 Å². The third-order valence-corrected chi connectivity index (χ3v) is 5.91. The van der Waals surface area contributed by atoms with Gasteiger partial charge in [-0.1, -0.05) is 60.0 Å². The second-order valence-corrected chi connectivity index (χ2v) is 8.73. The molecule has 6 heteroatoms. The normalized spacial score (nSPS) is 20.1. The van der Waals surface area contributed by atoms with E-state index in [2.05, 4.69) is 11.8 Å². The largest absolute Gasteiger partial charge is 0.366 e. The highest BCUT2D eigenvalue weighted by atomic mass is 35.5. The van der Waals surface area contributed by atoms with Crippen LogP contribution < -0.4 is 4.90 Å². The molecule has 0 spiro atoms. The lowest BCUT2D eigenvalue weighted by molar-refractivity contribution is -0.120. The molecule has 150 valence electrons. The van der Waals surface area contributed by atoms with Gasteiger partial charge in [-0.05, 0) is 49.4 Å². The fourth-order valence-corrected chi connectivity index (χ4v) is 4.60. The van der Waals surface area contributed by atoms with Crippen molar-refractivity contribution in [2.45, 2.75) is 26.7 Å². The summed E-state index contributed by atoms with van der Waals surface area (Å²) in [6.07, 6.45) is 2.12. The Kier molecular flexibility index (Phi) is 5.41. The van der Waals surface area contributed by atoms with Crippen LogP contribution >= 0.6 is 23.2 Å². The fourth-order valence-electron chi connectivity index (χ4n) is 4.09. The zero-order valence-corrected chi connectivity index (χ0v) is 17.9. The summed E-state index contributed by atoms with van der Waals surface area (Å²) in [7, 11) is 0. The number of hydrogen-bond acceptors (Lipinski definition) is 3. The Morgan fingerprint density at radius 3 is 2.24 bits per heavy atom. The number of halogens is 2. The molecule has 4 nitrogen and oxygen atoms in total. The van der Waals surface area contributed by atoms with Crippen LogP contribution in [0.15, 0.2) is 48.2 Å².